The van der Waals surface area contributed by atoms with Gasteiger partial charge < -0.3 is 15.1 Å². The molecule has 0 bridgehead atoms. The fourth-order valence-corrected chi connectivity index (χ4v) is 4.22. The van der Waals surface area contributed by atoms with Crippen LogP contribution >= 0.6 is 11.6 Å². The summed E-state index contributed by atoms with van der Waals surface area (Å²) in [6, 6.07) is 12.4. The highest BCUT2D eigenvalue weighted by Crippen LogP contribution is 2.35. The number of piperidine rings is 1. The number of carbonyl (C=O) groups excluding carboxylic acids is 2. The maximum absolute atomic E-state index is 12.9. The van der Waals surface area contributed by atoms with E-state index in [0.29, 0.717) is 21.8 Å². The van der Waals surface area contributed by atoms with E-state index in [1.54, 1.807) is 36.4 Å². The van der Waals surface area contributed by atoms with Gasteiger partial charge in [-0.3, -0.25) is 9.59 Å². The summed E-state index contributed by atoms with van der Waals surface area (Å²) in [7, 11) is 0. The van der Waals surface area contributed by atoms with E-state index in [1.807, 2.05) is 11.0 Å². The normalized spacial score (nSPS) is 18.7. The Morgan fingerprint density at radius 1 is 1.22 bits per heavy atom. The molecule has 1 atom stereocenters. The van der Waals surface area contributed by atoms with Crippen molar-refractivity contribution in [1.29, 1.82) is 0 Å². The number of anilines is 2. The lowest BCUT2D eigenvalue weighted by molar-refractivity contribution is 0.0582. The molecule has 0 aromatic heterocycles. The van der Waals surface area contributed by atoms with E-state index < -0.39 is 0 Å². The topological polar surface area (TPSA) is 52.7 Å². The van der Waals surface area contributed by atoms with Gasteiger partial charge in [0.15, 0.2) is 0 Å². The van der Waals surface area contributed by atoms with E-state index in [0.717, 1.165) is 38.0 Å². The van der Waals surface area contributed by atoms with E-state index in [9.17, 15) is 9.59 Å². The third kappa shape index (κ3) is 3.28. The fourth-order valence-electron chi connectivity index (χ4n) is 4.03. The second-order valence-electron chi connectivity index (χ2n) is 6.96. The van der Waals surface area contributed by atoms with Crippen LogP contribution in [-0.2, 0) is 0 Å². The summed E-state index contributed by atoms with van der Waals surface area (Å²) < 4.78 is 0. The van der Waals surface area contributed by atoms with Gasteiger partial charge in [0.05, 0.1) is 11.3 Å². The number of rotatable bonds is 3. The molecule has 2 amide bonds. The quantitative estimate of drug-likeness (QED) is 0.855. The number of amides is 2. The molecule has 2 aliphatic rings. The number of halogens is 1. The van der Waals surface area contributed by atoms with Crippen molar-refractivity contribution < 1.29 is 9.59 Å². The Balaban J connectivity index is 1.66. The molecule has 5 nitrogen and oxygen atoms in total. The number of benzene rings is 2. The highest BCUT2D eigenvalue weighted by atomic mass is 35.5. The van der Waals surface area contributed by atoms with Gasteiger partial charge in [-0.15, -0.1) is 0 Å². The lowest BCUT2D eigenvalue weighted by Crippen LogP contribution is -2.57. The highest BCUT2D eigenvalue weighted by molar-refractivity contribution is 6.31. The molecule has 1 N–H and O–H groups in total. The van der Waals surface area contributed by atoms with Gasteiger partial charge in [0.1, 0.15) is 6.17 Å². The molecule has 140 valence electrons. The molecular weight excluding hydrogens is 362 g/mol. The van der Waals surface area contributed by atoms with Gasteiger partial charge in [0, 0.05) is 29.4 Å². The highest BCUT2D eigenvalue weighted by Gasteiger charge is 2.38. The minimum absolute atomic E-state index is 0.0706. The van der Waals surface area contributed by atoms with Crippen molar-refractivity contribution in [3.63, 3.8) is 0 Å². The van der Waals surface area contributed by atoms with Crippen LogP contribution in [0.5, 0.6) is 0 Å². The van der Waals surface area contributed by atoms with Crippen LogP contribution in [0.4, 0.5) is 11.4 Å². The molecule has 2 aliphatic heterocycles. The fraction of sp³-hybridized carbons (Fsp3) is 0.333. The predicted molar refractivity (Wildman–Crippen MR) is 108 cm³/mol. The minimum atomic E-state index is -0.213. The van der Waals surface area contributed by atoms with E-state index in [1.165, 1.54) is 0 Å². The molecule has 4 rings (SSSR count). The lowest BCUT2D eigenvalue weighted by atomic mass is 9.97. The Morgan fingerprint density at radius 2 is 2.07 bits per heavy atom. The molecule has 6 heteroatoms. The molecule has 2 aromatic rings. The maximum Gasteiger partial charge on any atom is 0.257 e. The van der Waals surface area contributed by atoms with Crippen molar-refractivity contribution in [1.82, 2.24) is 4.90 Å². The van der Waals surface area contributed by atoms with Crippen molar-refractivity contribution in [2.45, 2.75) is 32.4 Å². The zero-order valence-corrected chi connectivity index (χ0v) is 16.0. The van der Waals surface area contributed by atoms with E-state index >= 15 is 0 Å². The Bertz CT molecular complexity index is 899. The average molecular weight is 384 g/mol. The zero-order valence-electron chi connectivity index (χ0n) is 15.2. The molecule has 0 aliphatic carbocycles. The summed E-state index contributed by atoms with van der Waals surface area (Å²) >= 11 is 5.99. The van der Waals surface area contributed by atoms with Crippen molar-refractivity contribution in [2.75, 3.05) is 23.3 Å². The molecule has 0 radical (unpaired) electrons. The SMILES string of the molecule is CCN1c2cc(C(=O)Nc3cccc(Cl)c3)ccc2C(=O)N2CCCC[C@@H]21. The first-order valence-electron chi connectivity index (χ1n) is 9.37. The molecule has 0 spiro atoms. The Morgan fingerprint density at radius 3 is 2.85 bits per heavy atom. The Hall–Kier alpha value is -2.53. The Labute approximate surface area is 163 Å². The monoisotopic (exact) mass is 383 g/mol. The summed E-state index contributed by atoms with van der Waals surface area (Å²) in [4.78, 5) is 29.8. The van der Waals surface area contributed by atoms with Crippen molar-refractivity contribution in [3.05, 3.63) is 58.6 Å². The number of fused-ring (bicyclic) bond motifs is 2. The van der Waals surface area contributed by atoms with E-state index in [-0.39, 0.29) is 18.0 Å². The maximum atomic E-state index is 12.9. The van der Waals surface area contributed by atoms with Crippen molar-refractivity contribution >= 4 is 34.8 Å². The van der Waals surface area contributed by atoms with Gasteiger partial charge in [0.2, 0.25) is 0 Å². The number of nitrogens with zero attached hydrogens (tertiary/aromatic N) is 2. The van der Waals surface area contributed by atoms with Gasteiger partial charge in [-0.25, -0.2) is 0 Å². The number of hydrogen-bond acceptors (Lipinski definition) is 3. The lowest BCUT2D eigenvalue weighted by Gasteiger charge is -2.47. The van der Waals surface area contributed by atoms with Crippen molar-refractivity contribution in [3.8, 4) is 0 Å². The zero-order chi connectivity index (χ0) is 19.0. The van der Waals surface area contributed by atoms with E-state index in [4.69, 9.17) is 11.6 Å². The number of carbonyl (C=O) groups is 2. The summed E-state index contributed by atoms with van der Waals surface area (Å²) in [5.74, 6) is -0.143. The largest absolute Gasteiger partial charge is 0.351 e. The third-order valence-corrected chi connectivity index (χ3v) is 5.55. The second-order valence-corrected chi connectivity index (χ2v) is 7.39. The molecule has 1 saturated heterocycles. The van der Waals surface area contributed by atoms with Crippen LogP contribution in [0.3, 0.4) is 0 Å². The standard InChI is InChI=1S/C21H22ClN3O2/c1-2-24-18-12-14(20(26)23-16-7-5-6-15(22)13-16)9-10-17(18)21(27)25-11-4-3-8-19(24)25/h5-7,9-10,12-13,19H,2-4,8,11H2,1H3,(H,23,26)/t19-/m1/s1. The molecule has 1 fully saturated rings. The number of hydrogen-bond donors (Lipinski definition) is 1. The predicted octanol–water partition coefficient (Wildman–Crippen LogP) is 4.38. The molecule has 2 aromatic carbocycles. The number of nitrogens with one attached hydrogen (secondary N) is 1. The molecule has 0 saturated carbocycles. The summed E-state index contributed by atoms with van der Waals surface area (Å²) in [6.07, 6.45) is 3.23. The van der Waals surface area contributed by atoms with Gasteiger partial charge in [-0.05, 0) is 62.6 Å². The summed E-state index contributed by atoms with van der Waals surface area (Å²) in [5.41, 5.74) is 2.70. The van der Waals surface area contributed by atoms with Crippen LogP contribution in [0.2, 0.25) is 5.02 Å². The van der Waals surface area contributed by atoms with Gasteiger partial charge in [0.25, 0.3) is 11.8 Å². The first kappa shape index (κ1) is 17.9. The molecule has 0 unspecified atom stereocenters. The molecular formula is C21H22ClN3O2. The molecule has 27 heavy (non-hydrogen) atoms. The van der Waals surface area contributed by atoms with Crippen molar-refractivity contribution in [2.24, 2.45) is 0 Å². The van der Waals surface area contributed by atoms with Crippen LogP contribution in [0, 0.1) is 0 Å². The second kappa shape index (κ2) is 7.24. The van der Waals surface area contributed by atoms with Crippen LogP contribution in [-0.4, -0.2) is 36.0 Å². The Kier molecular flexibility index (Phi) is 4.79. The van der Waals surface area contributed by atoms with Gasteiger partial charge in [-0.2, -0.15) is 0 Å². The molecule has 2 heterocycles. The first-order chi connectivity index (χ1) is 13.1. The van der Waals surface area contributed by atoms with Gasteiger partial charge >= 0.3 is 0 Å². The van der Waals surface area contributed by atoms with Crippen LogP contribution in [0.15, 0.2) is 42.5 Å². The van der Waals surface area contributed by atoms with Gasteiger partial charge in [-0.1, -0.05) is 17.7 Å². The van der Waals surface area contributed by atoms with Crippen LogP contribution < -0.4 is 10.2 Å². The first-order valence-corrected chi connectivity index (χ1v) is 9.75. The summed E-state index contributed by atoms with van der Waals surface area (Å²) in [6.45, 7) is 3.68. The summed E-state index contributed by atoms with van der Waals surface area (Å²) in [5, 5.41) is 3.44. The van der Waals surface area contributed by atoms with E-state index in [2.05, 4.69) is 17.1 Å². The smallest absolute Gasteiger partial charge is 0.257 e. The van der Waals surface area contributed by atoms with Crippen LogP contribution in [0.1, 0.15) is 46.9 Å². The average Bonchev–Trinajstić information content (AvgIpc) is 2.68. The minimum Gasteiger partial charge on any atom is -0.351 e. The third-order valence-electron chi connectivity index (χ3n) is 5.31. The van der Waals surface area contributed by atoms with Crippen LogP contribution in [0.25, 0.3) is 0 Å².